The number of carbonyl (C=O) groups excluding carboxylic acids is 1. The average Bonchev–Trinajstić information content (AvgIpc) is 2.93. The Morgan fingerprint density at radius 1 is 1.35 bits per heavy atom. The second-order valence-corrected chi connectivity index (χ2v) is 6.92. The first kappa shape index (κ1) is 16.6. The zero-order valence-electron chi connectivity index (χ0n) is 13.8. The van der Waals surface area contributed by atoms with E-state index in [4.69, 9.17) is 21.1 Å². The number of nitrogens with zero attached hydrogens (tertiary/aromatic N) is 1. The maximum Gasteiger partial charge on any atom is 0.265 e. The lowest BCUT2D eigenvalue weighted by Crippen LogP contribution is -2.53. The van der Waals surface area contributed by atoms with Crippen molar-refractivity contribution in [2.45, 2.75) is 57.8 Å². The summed E-state index contributed by atoms with van der Waals surface area (Å²) in [5.41, 5.74) is 0.556. The topological polar surface area (TPSA) is 38.8 Å². The Bertz CT molecular complexity index is 584. The molecule has 1 atom stereocenters. The maximum absolute atomic E-state index is 12.9. The molecular weight excluding hydrogens is 314 g/mol. The van der Waals surface area contributed by atoms with Crippen molar-refractivity contribution in [1.82, 2.24) is 4.90 Å². The highest BCUT2D eigenvalue weighted by Gasteiger charge is 2.46. The van der Waals surface area contributed by atoms with Gasteiger partial charge in [-0.2, -0.15) is 0 Å². The van der Waals surface area contributed by atoms with E-state index in [0.29, 0.717) is 23.9 Å². The summed E-state index contributed by atoms with van der Waals surface area (Å²) in [6.45, 7) is 5.01. The summed E-state index contributed by atoms with van der Waals surface area (Å²) in [4.78, 5) is 14.8. The normalized spacial score (nSPS) is 21.4. The zero-order valence-corrected chi connectivity index (χ0v) is 14.6. The van der Waals surface area contributed by atoms with Crippen LogP contribution in [0.1, 0.15) is 44.6 Å². The van der Waals surface area contributed by atoms with Crippen molar-refractivity contribution < 1.29 is 14.3 Å². The lowest BCUT2D eigenvalue weighted by molar-refractivity contribution is -0.161. The van der Waals surface area contributed by atoms with Crippen molar-refractivity contribution in [3.05, 3.63) is 28.8 Å². The van der Waals surface area contributed by atoms with Crippen LogP contribution in [0.4, 0.5) is 0 Å². The molecule has 1 aromatic rings. The third-order valence-electron chi connectivity index (χ3n) is 4.87. The minimum atomic E-state index is -0.531. The van der Waals surface area contributed by atoms with Gasteiger partial charge in [0, 0.05) is 11.6 Å². The number of hydrogen-bond acceptors (Lipinski definition) is 3. The molecule has 2 fully saturated rings. The first-order chi connectivity index (χ1) is 11.0. The number of halogens is 1. The molecule has 1 aromatic carbocycles. The second kappa shape index (κ2) is 6.70. The number of aryl methyl sites for hydroxylation is 1. The Hall–Kier alpha value is -1.26. The van der Waals surface area contributed by atoms with Crippen LogP contribution < -0.4 is 4.74 Å². The van der Waals surface area contributed by atoms with Crippen molar-refractivity contribution in [2.24, 2.45) is 0 Å². The van der Waals surface area contributed by atoms with E-state index in [-0.39, 0.29) is 11.6 Å². The summed E-state index contributed by atoms with van der Waals surface area (Å²) >= 11 is 6.03. The molecule has 0 unspecified atom stereocenters. The van der Waals surface area contributed by atoms with E-state index in [2.05, 4.69) is 0 Å². The van der Waals surface area contributed by atoms with Gasteiger partial charge in [-0.15, -0.1) is 0 Å². The van der Waals surface area contributed by atoms with E-state index in [9.17, 15) is 4.79 Å². The summed E-state index contributed by atoms with van der Waals surface area (Å²) in [5.74, 6) is 0.683. The summed E-state index contributed by atoms with van der Waals surface area (Å²) in [6.07, 6.45) is 4.81. The number of ether oxygens (including phenoxy) is 2. The van der Waals surface area contributed by atoms with Gasteiger partial charge in [0.2, 0.25) is 0 Å². The molecule has 0 aromatic heterocycles. The fourth-order valence-corrected chi connectivity index (χ4v) is 3.72. The van der Waals surface area contributed by atoms with Crippen LogP contribution in [0.3, 0.4) is 0 Å². The number of hydrogen-bond donors (Lipinski definition) is 0. The molecule has 1 spiro atoms. The van der Waals surface area contributed by atoms with Crippen LogP contribution in [0.5, 0.6) is 5.75 Å². The molecule has 0 N–H and O–H groups in total. The highest BCUT2D eigenvalue weighted by Crippen LogP contribution is 2.38. The predicted octanol–water partition coefficient (Wildman–Crippen LogP) is 3.93. The molecular formula is C18H24ClNO3. The highest BCUT2D eigenvalue weighted by atomic mass is 35.5. The molecule has 3 rings (SSSR count). The monoisotopic (exact) mass is 337 g/mol. The van der Waals surface area contributed by atoms with Crippen molar-refractivity contribution in [1.29, 1.82) is 0 Å². The molecule has 2 aliphatic rings. The second-order valence-electron chi connectivity index (χ2n) is 6.52. The third kappa shape index (κ3) is 3.33. The summed E-state index contributed by atoms with van der Waals surface area (Å²) < 4.78 is 11.8. The standard InChI is InChI=1S/C18H24ClNO3/c1-13-12-15(6-7-16(13)19)23-14(2)17(21)20-10-11-22-18(20)8-4-3-5-9-18/h6-7,12,14H,3-5,8-11H2,1-2H3/t14-/m1/s1. The first-order valence-corrected chi connectivity index (χ1v) is 8.78. The van der Waals surface area contributed by atoms with Crippen LogP contribution in [-0.2, 0) is 9.53 Å². The van der Waals surface area contributed by atoms with E-state index < -0.39 is 6.10 Å². The largest absolute Gasteiger partial charge is 0.481 e. The molecule has 0 bridgehead atoms. The molecule has 1 amide bonds. The van der Waals surface area contributed by atoms with Gasteiger partial charge in [0.25, 0.3) is 5.91 Å². The van der Waals surface area contributed by atoms with E-state index in [1.165, 1.54) is 6.42 Å². The van der Waals surface area contributed by atoms with Crippen LogP contribution in [0.25, 0.3) is 0 Å². The number of carbonyl (C=O) groups is 1. The van der Waals surface area contributed by atoms with Gasteiger partial charge >= 0.3 is 0 Å². The van der Waals surface area contributed by atoms with Crippen LogP contribution in [-0.4, -0.2) is 35.8 Å². The van der Waals surface area contributed by atoms with Gasteiger partial charge in [-0.05, 0) is 63.3 Å². The molecule has 126 valence electrons. The lowest BCUT2D eigenvalue weighted by atomic mass is 9.90. The molecule has 1 heterocycles. The van der Waals surface area contributed by atoms with Gasteiger partial charge in [-0.1, -0.05) is 18.0 Å². The summed E-state index contributed by atoms with van der Waals surface area (Å²) in [5, 5.41) is 0.699. The van der Waals surface area contributed by atoms with Gasteiger partial charge < -0.3 is 14.4 Å². The molecule has 1 aliphatic carbocycles. The van der Waals surface area contributed by atoms with Gasteiger partial charge in [0.1, 0.15) is 11.5 Å². The number of benzene rings is 1. The van der Waals surface area contributed by atoms with Crippen molar-refractivity contribution in [2.75, 3.05) is 13.2 Å². The van der Waals surface area contributed by atoms with Crippen molar-refractivity contribution >= 4 is 17.5 Å². The first-order valence-electron chi connectivity index (χ1n) is 8.40. The van der Waals surface area contributed by atoms with E-state index in [1.54, 1.807) is 19.1 Å². The molecule has 1 saturated heterocycles. The molecule has 4 nitrogen and oxygen atoms in total. The van der Waals surface area contributed by atoms with E-state index in [1.807, 2.05) is 17.9 Å². The Labute approximate surface area is 142 Å². The SMILES string of the molecule is Cc1cc(O[C@H](C)C(=O)N2CCOC23CCCCC3)ccc1Cl. The Morgan fingerprint density at radius 3 is 2.78 bits per heavy atom. The average molecular weight is 338 g/mol. The lowest BCUT2D eigenvalue weighted by Gasteiger charge is -2.40. The third-order valence-corrected chi connectivity index (χ3v) is 5.29. The molecule has 1 saturated carbocycles. The molecule has 0 radical (unpaired) electrons. The van der Waals surface area contributed by atoms with Crippen molar-refractivity contribution in [3.8, 4) is 5.75 Å². The van der Waals surface area contributed by atoms with Crippen molar-refractivity contribution in [3.63, 3.8) is 0 Å². The Kier molecular flexibility index (Phi) is 4.83. The van der Waals surface area contributed by atoms with E-state index >= 15 is 0 Å². The van der Waals surface area contributed by atoms with E-state index in [0.717, 1.165) is 31.2 Å². The fourth-order valence-electron chi connectivity index (χ4n) is 3.60. The predicted molar refractivity (Wildman–Crippen MR) is 89.8 cm³/mol. The number of amides is 1. The minimum Gasteiger partial charge on any atom is -0.481 e. The Balaban J connectivity index is 1.70. The van der Waals surface area contributed by atoms with Crippen LogP contribution in [0.2, 0.25) is 5.02 Å². The zero-order chi connectivity index (χ0) is 16.4. The minimum absolute atomic E-state index is 0.0111. The summed E-state index contributed by atoms with van der Waals surface area (Å²) in [6, 6.07) is 5.46. The van der Waals surface area contributed by atoms with Gasteiger partial charge in [-0.25, -0.2) is 0 Å². The van der Waals surface area contributed by atoms with Gasteiger partial charge in [0.05, 0.1) is 6.61 Å². The van der Waals surface area contributed by atoms with Crippen LogP contribution in [0, 0.1) is 6.92 Å². The Morgan fingerprint density at radius 2 is 2.09 bits per heavy atom. The molecule has 23 heavy (non-hydrogen) atoms. The van der Waals surface area contributed by atoms with Crippen LogP contribution >= 0.6 is 11.6 Å². The summed E-state index contributed by atoms with van der Waals surface area (Å²) in [7, 11) is 0. The van der Waals surface area contributed by atoms with Crippen LogP contribution in [0.15, 0.2) is 18.2 Å². The quantitative estimate of drug-likeness (QED) is 0.838. The smallest absolute Gasteiger partial charge is 0.265 e. The fraction of sp³-hybridized carbons (Fsp3) is 0.611. The maximum atomic E-state index is 12.9. The highest BCUT2D eigenvalue weighted by molar-refractivity contribution is 6.31. The molecule has 5 heteroatoms. The number of rotatable bonds is 3. The van der Waals surface area contributed by atoms with Gasteiger partial charge in [0.15, 0.2) is 6.10 Å². The van der Waals surface area contributed by atoms with Gasteiger partial charge in [-0.3, -0.25) is 4.79 Å². The molecule has 1 aliphatic heterocycles.